The van der Waals surface area contributed by atoms with Crippen LogP contribution in [0.4, 0.5) is 26.3 Å². The van der Waals surface area contributed by atoms with E-state index in [-0.39, 0.29) is 36.5 Å². The van der Waals surface area contributed by atoms with Gasteiger partial charge in [-0.2, -0.15) is 36.6 Å². The van der Waals surface area contributed by atoms with Gasteiger partial charge in [0.25, 0.3) is 0 Å². The highest BCUT2D eigenvalue weighted by Gasteiger charge is 2.66. The van der Waals surface area contributed by atoms with Crippen molar-refractivity contribution in [2.24, 2.45) is 0 Å². The summed E-state index contributed by atoms with van der Waals surface area (Å²) in [7, 11) is -16.9. The highest BCUT2D eigenvalue weighted by Crippen LogP contribution is 2.62. The fourth-order valence-electron chi connectivity index (χ4n) is 4.02. The number of halogens is 6. The van der Waals surface area contributed by atoms with Gasteiger partial charge in [-0.25, -0.2) is 16.8 Å². The molecule has 14 heteroatoms. The number of sulfonamides is 2. The van der Waals surface area contributed by atoms with E-state index in [1.807, 2.05) is 0 Å². The number of unbranched alkanes of at least 4 members (excludes halogenated alkanes) is 9. The van der Waals surface area contributed by atoms with Gasteiger partial charge in [0, 0.05) is 0 Å². The Morgan fingerprint density at radius 2 is 1.00 bits per heavy atom. The van der Waals surface area contributed by atoms with Gasteiger partial charge in [-0.05, 0) is 39.6 Å². The molecule has 0 aliphatic carbocycles. The third-order valence-electron chi connectivity index (χ3n) is 5.72. The Hall–Kier alpha value is -0.210. The SMILES string of the molecule is CCCCCCCCCCCCS1(N(S(=O)(=O)C(F)(F)F)S(=O)(=O)C(F)(F)F)CCCCC1. The number of alkyl halides is 6. The molecule has 1 aliphatic rings. The lowest BCUT2D eigenvalue weighted by Gasteiger charge is -2.49. The highest BCUT2D eigenvalue weighted by atomic mass is 32.4. The number of rotatable bonds is 14. The van der Waals surface area contributed by atoms with Crippen LogP contribution in [-0.2, 0) is 20.0 Å². The summed E-state index contributed by atoms with van der Waals surface area (Å²) in [6.07, 6.45) is 9.71. The zero-order valence-corrected chi connectivity index (χ0v) is 21.3. The Bertz CT molecular complexity index is 747. The van der Waals surface area contributed by atoms with Gasteiger partial charge in [0.2, 0.25) is 0 Å². The molecule has 0 atom stereocenters. The molecule has 33 heavy (non-hydrogen) atoms. The van der Waals surface area contributed by atoms with E-state index in [9.17, 15) is 43.2 Å². The van der Waals surface area contributed by atoms with Crippen molar-refractivity contribution in [3.8, 4) is 0 Å². The Labute approximate surface area is 195 Å². The summed E-state index contributed by atoms with van der Waals surface area (Å²) < 4.78 is 127. The van der Waals surface area contributed by atoms with E-state index in [4.69, 9.17) is 0 Å². The van der Waals surface area contributed by atoms with E-state index >= 15 is 0 Å². The van der Waals surface area contributed by atoms with Crippen molar-refractivity contribution in [2.75, 3.05) is 17.3 Å². The van der Waals surface area contributed by atoms with Crippen LogP contribution in [0.5, 0.6) is 0 Å². The lowest BCUT2D eigenvalue weighted by molar-refractivity contribution is -0.0505. The average Bonchev–Trinajstić information content (AvgIpc) is 2.68. The monoisotopic (exact) mass is 551 g/mol. The van der Waals surface area contributed by atoms with Crippen molar-refractivity contribution in [3.63, 3.8) is 0 Å². The van der Waals surface area contributed by atoms with Gasteiger partial charge in [-0.1, -0.05) is 71.1 Å². The van der Waals surface area contributed by atoms with E-state index in [1.165, 1.54) is 6.42 Å². The molecule has 1 rings (SSSR count). The summed E-state index contributed by atoms with van der Waals surface area (Å²) in [5.41, 5.74) is -12.3. The summed E-state index contributed by atoms with van der Waals surface area (Å²) in [4.78, 5) is 0. The first kappa shape index (κ1) is 30.8. The molecule has 1 aliphatic heterocycles. The van der Waals surface area contributed by atoms with Gasteiger partial charge in [0.15, 0.2) is 0 Å². The minimum Gasteiger partial charge on any atom is -0.201 e. The zero-order valence-electron chi connectivity index (χ0n) is 18.9. The molecule has 0 unspecified atom stereocenters. The molecule has 200 valence electrons. The minimum absolute atomic E-state index is 0.183. The van der Waals surface area contributed by atoms with Crippen molar-refractivity contribution < 1.29 is 43.2 Å². The van der Waals surface area contributed by atoms with Crippen LogP contribution >= 0.6 is 10.2 Å². The second-order valence-corrected chi connectivity index (χ2v) is 16.3. The largest absolute Gasteiger partial charge is 0.513 e. The third-order valence-corrected chi connectivity index (χ3v) is 15.7. The molecule has 0 aromatic rings. The second-order valence-electron chi connectivity index (χ2n) is 8.42. The molecule has 5 nitrogen and oxygen atoms in total. The summed E-state index contributed by atoms with van der Waals surface area (Å²) >= 11 is 0. The molecule has 1 saturated heterocycles. The lowest BCUT2D eigenvalue weighted by Crippen LogP contribution is -2.52. The van der Waals surface area contributed by atoms with Crippen LogP contribution in [0.1, 0.15) is 90.4 Å². The van der Waals surface area contributed by atoms with E-state index < -0.39 is 44.4 Å². The van der Waals surface area contributed by atoms with Gasteiger partial charge in [-0.3, -0.25) is 0 Å². The number of hydrogen-bond acceptors (Lipinski definition) is 4. The predicted octanol–water partition coefficient (Wildman–Crippen LogP) is 6.81. The standard InChI is InChI=1S/C19H35F6NO4S3/c1-2-3-4-5-6-7-8-9-10-12-15-31(16-13-11-14-17-31)26(32(27,28)18(20,21)22)33(29,30)19(23,24)25/h2-17H2,1H3. The summed E-state index contributed by atoms with van der Waals surface area (Å²) in [6, 6.07) is 0. The predicted molar refractivity (Wildman–Crippen MR) is 120 cm³/mol. The van der Waals surface area contributed by atoms with Crippen LogP contribution in [-0.4, -0.2) is 48.2 Å². The van der Waals surface area contributed by atoms with Crippen LogP contribution in [0, 0.1) is 0 Å². The van der Waals surface area contributed by atoms with Crippen LogP contribution < -0.4 is 0 Å². The molecule has 1 heterocycles. The summed E-state index contributed by atoms with van der Waals surface area (Å²) in [5.74, 6) is -0.849. The Kier molecular flexibility index (Phi) is 11.8. The van der Waals surface area contributed by atoms with Gasteiger partial charge >= 0.3 is 31.1 Å². The molecule has 0 spiro atoms. The molecule has 0 bridgehead atoms. The fraction of sp³-hybridized carbons (Fsp3) is 1.00. The van der Waals surface area contributed by atoms with E-state index in [0.717, 1.165) is 38.5 Å². The molecule has 0 radical (unpaired) electrons. The van der Waals surface area contributed by atoms with Gasteiger partial charge in [-0.15, -0.1) is 0 Å². The summed E-state index contributed by atoms with van der Waals surface area (Å²) in [6.45, 7) is 2.11. The van der Waals surface area contributed by atoms with Crippen molar-refractivity contribution in [3.05, 3.63) is 0 Å². The lowest BCUT2D eigenvalue weighted by atomic mass is 10.1. The highest BCUT2D eigenvalue weighted by molar-refractivity contribution is 8.41. The molecule has 1 fully saturated rings. The molecular formula is C19H35F6NO4S3. The van der Waals surface area contributed by atoms with Crippen LogP contribution in [0.15, 0.2) is 0 Å². The van der Waals surface area contributed by atoms with Gasteiger partial charge in [0.1, 0.15) is 0 Å². The van der Waals surface area contributed by atoms with Crippen LogP contribution in [0.2, 0.25) is 0 Å². The van der Waals surface area contributed by atoms with Crippen LogP contribution in [0.25, 0.3) is 0 Å². The van der Waals surface area contributed by atoms with Crippen LogP contribution in [0.3, 0.4) is 0 Å². The fourth-order valence-corrected chi connectivity index (χ4v) is 14.4. The minimum atomic E-state index is -6.74. The van der Waals surface area contributed by atoms with Gasteiger partial charge in [0.05, 0.1) is 0 Å². The van der Waals surface area contributed by atoms with E-state index in [1.54, 1.807) is 0 Å². The number of hydrogen-bond donors (Lipinski definition) is 0. The zero-order chi connectivity index (χ0) is 25.4. The first-order valence-corrected chi connectivity index (χ1v) is 16.3. The Balaban J connectivity index is 3.01. The van der Waals surface area contributed by atoms with E-state index in [2.05, 4.69) is 6.92 Å². The average molecular weight is 552 g/mol. The number of nitrogens with zero attached hydrogens (tertiary/aromatic N) is 1. The smallest absolute Gasteiger partial charge is 0.201 e. The molecule has 0 amide bonds. The molecule has 0 saturated carbocycles. The Morgan fingerprint density at radius 1 is 0.636 bits per heavy atom. The van der Waals surface area contributed by atoms with Crippen molar-refractivity contribution in [2.45, 2.75) is 101 Å². The normalized spacial score (nSPS) is 19.0. The third kappa shape index (κ3) is 8.16. The maximum Gasteiger partial charge on any atom is 0.513 e. The first-order valence-electron chi connectivity index (χ1n) is 11.3. The molecule has 0 aromatic heterocycles. The Morgan fingerprint density at radius 3 is 1.36 bits per heavy atom. The second kappa shape index (κ2) is 12.7. The molecular weight excluding hydrogens is 516 g/mol. The van der Waals surface area contributed by atoms with Gasteiger partial charge < -0.3 is 0 Å². The van der Waals surface area contributed by atoms with Crippen molar-refractivity contribution in [1.29, 1.82) is 0 Å². The van der Waals surface area contributed by atoms with Crippen molar-refractivity contribution in [1.82, 2.24) is 3.12 Å². The van der Waals surface area contributed by atoms with Crippen molar-refractivity contribution >= 4 is 30.3 Å². The van der Waals surface area contributed by atoms with E-state index in [0.29, 0.717) is 19.3 Å². The molecule has 0 aromatic carbocycles. The quantitative estimate of drug-likeness (QED) is 0.176. The topological polar surface area (TPSA) is 71.5 Å². The maximum atomic E-state index is 13.3. The summed E-state index contributed by atoms with van der Waals surface area (Å²) in [5, 5.41) is 0. The molecule has 0 N–H and O–H groups in total. The first-order chi connectivity index (χ1) is 15.1. The maximum absolute atomic E-state index is 13.3.